The summed E-state index contributed by atoms with van der Waals surface area (Å²) in [6.45, 7) is 5.87. The molecular weight excluding hydrogens is 461 g/mol. The zero-order chi connectivity index (χ0) is 24.4. The van der Waals surface area contributed by atoms with Crippen LogP contribution in [0.1, 0.15) is 36.8 Å². The van der Waals surface area contributed by atoms with Gasteiger partial charge in [0.1, 0.15) is 5.75 Å². The highest BCUT2D eigenvalue weighted by molar-refractivity contribution is 6.34. The highest BCUT2D eigenvalue weighted by Gasteiger charge is 2.18. The van der Waals surface area contributed by atoms with Gasteiger partial charge in [0.2, 0.25) is 5.95 Å². The molecule has 1 N–H and O–H groups in total. The third-order valence-electron chi connectivity index (χ3n) is 6.60. The molecule has 1 saturated heterocycles. The molecule has 180 valence electrons. The van der Waals surface area contributed by atoms with Gasteiger partial charge in [-0.1, -0.05) is 47.3 Å². The van der Waals surface area contributed by atoms with Crippen molar-refractivity contribution in [3.63, 3.8) is 0 Å². The van der Waals surface area contributed by atoms with Crippen molar-refractivity contribution in [2.45, 2.75) is 45.6 Å². The number of fused-ring (bicyclic) bond motifs is 1. The van der Waals surface area contributed by atoms with Crippen LogP contribution in [0.25, 0.3) is 33.2 Å². The second-order valence-electron chi connectivity index (χ2n) is 9.38. The number of aromatic nitrogens is 2. The van der Waals surface area contributed by atoms with E-state index in [-0.39, 0.29) is 0 Å². The fraction of sp³-hybridized carbons (Fsp3) is 0.310. The standard InChI is InChI=1S/C29H29ClFN3O/c1-18-11-19(2)13-21(12-18)25-17-33-27-15-26(30)23(20-6-7-28(31)34-16-20)14-24(27)29(25)35-10-8-22-5-3-4-9-32-22/h6-7,11-17,22,32H,3-5,8-10H2,1-2H3/t22-/m1/s1. The smallest absolute Gasteiger partial charge is 0.212 e. The molecule has 0 aliphatic carbocycles. The van der Waals surface area contributed by atoms with Gasteiger partial charge in [-0.3, -0.25) is 4.98 Å². The molecule has 3 heterocycles. The van der Waals surface area contributed by atoms with Crippen molar-refractivity contribution in [1.29, 1.82) is 0 Å². The van der Waals surface area contributed by atoms with Gasteiger partial charge in [-0.05, 0) is 69.5 Å². The predicted octanol–water partition coefficient (Wildman–Crippen LogP) is 7.28. The normalized spacial score (nSPS) is 15.9. The Hall–Kier alpha value is -3.02. The zero-order valence-electron chi connectivity index (χ0n) is 20.1. The number of nitrogens with one attached hydrogen (secondary N) is 1. The predicted molar refractivity (Wildman–Crippen MR) is 141 cm³/mol. The maximum atomic E-state index is 13.4. The van der Waals surface area contributed by atoms with E-state index < -0.39 is 5.95 Å². The van der Waals surface area contributed by atoms with Crippen LogP contribution in [0.4, 0.5) is 4.39 Å². The number of hydrogen-bond donors (Lipinski definition) is 1. The highest BCUT2D eigenvalue weighted by Crippen LogP contribution is 2.40. The van der Waals surface area contributed by atoms with Crippen LogP contribution in [-0.4, -0.2) is 29.2 Å². The Morgan fingerprint density at radius 2 is 1.80 bits per heavy atom. The number of pyridine rings is 2. The second-order valence-corrected chi connectivity index (χ2v) is 9.79. The van der Waals surface area contributed by atoms with Crippen molar-refractivity contribution < 1.29 is 9.13 Å². The molecule has 0 bridgehead atoms. The molecule has 0 unspecified atom stereocenters. The van der Waals surface area contributed by atoms with Gasteiger partial charge in [0.25, 0.3) is 0 Å². The third kappa shape index (κ3) is 5.31. The van der Waals surface area contributed by atoms with E-state index in [1.165, 1.54) is 42.7 Å². The Balaban J connectivity index is 1.60. The molecule has 0 saturated carbocycles. The largest absolute Gasteiger partial charge is 0.492 e. The molecule has 0 amide bonds. The maximum absolute atomic E-state index is 13.4. The fourth-order valence-electron chi connectivity index (χ4n) is 4.91. The molecular formula is C29H29ClFN3O. The van der Waals surface area contributed by atoms with E-state index in [1.807, 2.05) is 18.3 Å². The molecule has 2 aromatic heterocycles. The minimum absolute atomic E-state index is 0.483. The van der Waals surface area contributed by atoms with Crippen LogP contribution >= 0.6 is 11.6 Å². The highest BCUT2D eigenvalue weighted by atomic mass is 35.5. The molecule has 4 nitrogen and oxygen atoms in total. The van der Waals surface area contributed by atoms with Crippen molar-refractivity contribution >= 4 is 22.5 Å². The Labute approximate surface area is 210 Å². The minimum Gasteiger partial charge on any atom is -0.492 e. The van der Waals surface area contributed by atoms with Crippen LogP contribution < -0.4 is 10.1 Å². The number of piperidine rings is 1. The van der Waals surface area contributed by atoms with Crippen LogP contribution in [0.2, 0.25) is 5.02 Å². The first-order chi connectivity index (χ1) is 17.0. The lowest BCUT2D eigenvalue weighted by Gasteiger charge is -2.24. The summed E-state index contributed by atoms with van der Waals surface area (Å²) in [7, 11) is 0. The van der Waals surface area contributed by atoms with Crippen molar-refractivity contribution in [3.8, 4) is 28.0 Å². The quantitative estimate of drug-likeness (QED) is 0.289. The summed E-state index contributed by atoms with van der Waals surface area (Å²) < 4.78 is 20.0. The minimum atomic E-state index is -0.523. The van der Waals surface area contributed by atoms with Crippen molar-refractivity contribution in [2.24, 2.45) is 0 Å². The number of ether oxygens (including phenoxy) is 1. The van der Waals surface area contributed by atoms with E-state index >= 15 is 0 Å². The number of benzene rings is 2. The van der Waals surface area contributed by atoms with Crippen molar-refractivity contribution in [1.82, 2.24) is 15.3 Å². The van der Waals surface area contributed by atoms with E-state index in [9.17, 15) is 4.39 Å². The average molecular weight is 490 g/mol. The summed E-state index contributed by atoms with van der Waals surface area (Å²) in [4.78, 5) is 8.54. The molecule has 0 spiro atoms. The molecule has 1 fully saturated rings. The Morgan fingerprint density at radius 3 is 2.51 bits per heavy atom. The summed E-state index contributed by atoms with van der Waals surface area (Å²) in [5.41, 5.74) is 6.66. The van der Waals surface area contributed by atoms with Gasteiger partial charge in [-0.25, -0.2) is 4.98 Å². The molecule has 1 aliphatic heterocycles. The number of hydrogen-bond acceptors (Lipinski definition) is 4. The van der Waals surface area contributed by atoms with E-state index in [4.69, 9.17) is 21.3 Å². The Bertz CT molecular complexity index is 1330. The Kier molecular flexibility index (Phi) is 6.98. The number of aryl methyl sites for hydroxylation is 2. The van der Waals surface area contributed by atoms with Gasteiger partial charge in [0, 0.05) is 40.5 Å². The third-order valence-corrected chi connectivity index (χ3v) is 6.92. The summed E-state index contributed by atoms with van der Waals surface area (Å²) in [5, 5.41) is 5.01. The number of nitrogens with zero attached hydrogens (tertiary/aromatic N) is 2. The first-order valence-electron chi connectivity index (χ1n) is 12.2. The monoisotopic (exact) mass is 489 g/mol. The molecule has 1 atom stereocenters. The topological polar surface area (TPSA) is 47.0 Å². The second kappa shape index (κ2) is 10.3. The first-order valence-corrected chi connectivity index (χ1v) is 12.5. The van der Waals surface area contributed by atoms with Gasteiger partial charge in [0.15, 0.2) is 0 Å². The van der Waals surface area contributed by atoms with E-state index in [0.717, 1.165) is 51.9 Å². The van der Waals surface area contributed by atoms with Crippen LogP contribution in [0.15, 0.2) is 54.9 Å². The lowest BCUT2D eigenvalue weighted by Crippen LogP contribution is -2.35. The summed E-state index contributed by atoms with van der Waals surface area (Å²) >= 11 is 6.62. The van der Waals surface area contributed by atoms with Crippen LogP contribution in [0, 0.1) is 19.8 Å². The molecule has 4 aromatic rings. The van der Waals surface area contributed by atoms with Crippen molar-refractivity contribution in [2.75, 3.05) is 13.2 Å². The fourth-order valence-corrected chi connectivity index (χ4v) is 5.18. The molecule has 35 heavy (non-hydrogen) atoms. The number of halogens is 2. The summed E-state index contributed by atoms with van der Waals surface area (Å²) in [6, 6.07) is 13.8. The van der Waals surface area contributed by atoms with Crippen LogP contribution in [0.3, 0.4) is 0 Å². The zero-order valence-corrected chi connectivity index (χ0v) is 20.8. The molecule has 6 heteroatoms. The summed E-state index contributed by atoms with van der Waals surface area (Å²) in [5.74, 6) is 0.272. The Morgan fingerprint density at radius 1 is 0.971 bits per heavy atom. The van der Waals surface area contributed by atoms with E-state index in [0.29, 0.717) is 17.7 Å². The van der Waals surface area contributed by atoms with Crippen LogP contribution in [-0.2, 0) is 0 Å². The van der Waals surface area contributed by atoms with E-state index in [2.05, 4.69) is 42.3 Å². The maximum Gasteiger partial charge on any atom is 0.212 e. The lowest BCUT2D eigenvalue weighted by atomic mass is 9.98. The lowest BCUT2D eigenvalue weighted by molar-refractivity contribution is 0.271. The van der Waals surface area contributed by atoms with Gasteiger partial charge >= 0.3 is 0 Å². The van der Waals surface area contributed by atoms with Crippen LogP contribution in [0.5, 0.6) is 5.75 Å². The first kappa shape index (κ1) is 23.7. The van der Waals surface area contributed by atoms with Gasteiger partial charge < -0.3 is 10.1 Å². The molecule has 2 aromatic carbocycles. The van der Waals surface area contributed by atoms with Gasteiger partial charge in [-0.15, -0.1) is 0 Å². The average Bonchev–Trinajstić information content (AvgIpc) is 2.84. The SMILES string of the molecule is Cc1cc(C)cc(-c2cnc3cc(Cl)c(-c4ccc(F)nc4)cc3c2OCC[C@H]2CCCCN2)c1. The molecule has 1 aliphatic rings. The number of rotatable bonds is 6. The summed E-state index contributed by atoms with van der Waals surface area (Å²) in [6.07, 6.45) is 8.00. The molecule has 5 rings (SSSR count). The van der Waals surface area contributed by atoms with Gasteiger partial charge in [0.05, 0.1) is 17.1 Å². The molecule has 0 radical (unpaired) electrons. The van der Waals surface area contributed by atoms with Gasteiger partial charge in [-0.2, -0.15) is 4.39 Å². The van der Waals surface area contributed by atoms with E-state index in [1.54, 1.807) is 6.07 Å². The van der Waals surface area contributed by atoms with Crippen molar-refractivity contribution in [3.05, 3.63) is 77.0 Å².